The van der Waals surface area contributed by atoms with Crippen molar-refractivity contribution in [2.75, 3.05) is 4.90 Å². The molecule has 0 radical (unpaired) electrons. The maximum atomic E-state index is 3.77. The van der Waals surface area contributed by atoms with Gasteiger partial charge in [0.2, 0.25) is 0 Å². The highest BCUT2D eigenvalue weighted by Gasteiger charge is 2.53. The Hall–Kier alpha value is -7.14. The number of allylic oxidation sites excluding steroid dienone is 8. The van der Waals surface area contributed by atoms with Crippen LogP contribution in [0.2, 0.25) is 0 Å². The Morgan fingerprint density at radius 3 is 1.80 bits per heavy atom. The average molecular weight is 766 g/mol. The molecular formula is C59H43N. The van der Waals surface area contributed by atoms with E-state index in [0.717, 1.165) is 29.7 Å². The van der Waals surface area contributed by atoms with Crippen molar-refractivity contribution in [2.24, 2.45) is 0 Å². The maximum absolute atomic E-state index is 3.77. The Morgan fingerprint density at radius 1 is 0.517 bits per heavy atom. The zero-order valence-corrected chi connectivity index (χ0v) is 34.2. The summed E-state index contributed by atoms with van der Waals surface area (Å²) in [6.07, 6.45) is 8.81. The molecule has 0 unspecified atom stereocenters. The number of nitrogens with zero attached hydrogens (tertiary/aromatic N) is 1. The van der Waals surface area contributed by atoms with Crippen molar-refractivity contribution in [2.45, 2.75) is 44.4 Å². The molecule has 7 aromatic carbocycles. The van der Waals surface area contributed by atoms with Crippen LogP contribution in [0.15, 0.2) is 205 Å². The Labute approximate surface area is 353 Å². The summed E-state index contributed by atoms with van der Waals surface area (Å²) >= 11 is 0. The van der Waals surface area contributed by atoms with E-state index in [9.17, 15) is 0 Å². The minimum atomic E-state index is -0.450. The van der Waals surface area contributed by atoms with E-state index in [4.69, 9.17) is 0 Å². The predicted octanol–water partition coefficient (Wildman–Crippen LogP) is 14.7. The van der Waals surface area contributed by atoms with E-state index in [2.05, 4.69) is 219 Å². The third kappa shape index (κ3) is 4.77. The lowest BCUT2D eigenvalue weighted by Crippen LogP contribution is -2.26. The van der Waals surface area contributed by atoms with Gasteiger partial charge in [-0.1, -0.05) is 176 Å². The van der Waals surface area contributed by atoms with Crippen LogP contribution in [-0.2, 0) is 10.8 Å². The van der Waals surface area contributed by atoms with Crippen LogP contribution < -0.4 is 4.90 Å². The fourth-order valence-electron chi connectivity index (χ4n) is 11.3. The highest BCUT2D eigenvalue weighted by atomic mass is 15.2. The molecule has 5 aliphatic rings. The molecule has 1 spiro atoms. The molecule has 12 rings (SSSR count). The largest absolute Gasteiger partial charge is 0.314 e. The molecule has 0 heterocycles. The van der Waals surface area contributed by atoms with Gasteiger partial charge in [0.1, 0.15) is 0 Å². The number of rotatable bonds is 5. The molecule has 60 heavy (non-hydrogen) atoms. The Balaban J connectivity index is 1.09. The first kappa shape index (κ1) is 34.9. The number of hydrogen-bond donors (Lipinski definition) is 0. The summed E-state index contributed by atoms with van der Waals surface area (Å²) in [4.78, 5) is 2.55. The molecule has 0 saturated heterocycles. The molecule has 0 amide bonds. The molecule has 0 aromatic heterocycles. The van der Waals surface area contributed by atoms with E-state index < -0.39 is 5.41 Å². The smallest absolute Gasteiger partial charge is 0.0732 e. The van der Waals surface area contributed by atoms with Crippen LogP contribution in [0.25, 0.3) is 39.0 Å². The van der Waals surface area contributed by atoms with Crippen molar-refractivity contribution in [3.05, 3.63) is 255 Å². The third-order valence-electron chi connectivity index (χ3n) is 13.9. The van der Waals surface area contributed by atoms with Crippen molar-refractivity contribution < 1.29 is 0 Å². The first-order valence-electron chi connectivity index (χ1n) is 21.3. The van der Waals surface area contributed by atoms with Gasteiger partial charge in [0.05, 0.1) is 11.1 Å². The van der Waals surface area contributed by atoms with Crippen LogP contribution in [0.5, 0.6) is 0 Å². The van der Waals surface area contributed by atoms with Gasteiger partial charge in [0.15, 0.2) is 0 Å². The molecule has 0 saturated carbocycles. The Morgan fingerprint density at radius 2 is 1.12 bits per heavy atom. The van der Waals surface area contributed by atoms with Gasteiger partial charge in [-0.15, -0.1) is 0 Å². The van der Waals surface area contributed by atoms with Gasteiger partial charge in [-0.25, -0.2) is 0 Å². The summed E-state index contributed by atoms with van der Waals surface area (Å²) < 4.78 is 0. The van der Waals surface area contributed by atoms with Crippen LogP contribution >= 0.6 is 0 Å². The van der Waals surface area contributed by atoms with Crippen LogP contribution in [0.3, 0.4) is 0 Å². The summed E-state index contributed by atoms with van der Waals surface area (Å²) in [7, 11) is 0. The van der Waals surface area contributed by atoms with Crippen molar-refractivity contribution in [3.8, 4) is 22.3 Å². The minimum Gasteiger partial charge on any atom is -0.314 e. The fourth-order valence-corrected chi connectivity index (χ4v) is 11.3. The van der Waals surface area contributed by atoms with Crippen molar-refractivity contribution in [1.82, 2.24) is 0 Å². The number of hydrogen-bond acceptors (Lipinski definition) is 1. The van der Waals surface area contributed by atoms with Gasteiger partial charge >= 0.3 is 0 Å². The summed E-state index contributed by atoms with van der Waals surface area (Å²) in [5, 5.41) is 0. The average Bonchev–Trinajstić information content (AvgIpc) is 3.86. The number of anilines is 2. The first-order chi connectivity index (χ1) is 29.4. The maximum Gasteiger partial charge on any atom is 0.0732 e. The van der Waals surface area contributed by atoms with Crippen LogP contribution in [0.4, 0.5) is 11.4 Å². The lowest BCUT2D eigenvalue weighted by Gasteiger charge is -2.33. The molecule has 0 N–H and O–H groups in total. The lowest BCUT2D eigenvalue weighted by molar-refractivity contribution is 0.660. The highest BCUT2D eigenvalue weighted by Crippen LogP contribution is 2.64. The molecule has 1 nitrogen and oxygen atoms in total. The zero-order chi connectivity index (χ0) is 40.2. The van der Waals surface area contributed by atoms with Crippen LogP contribution in [-0.4, -0.2) is 0 Å². The molecule has 7 aromatic rings. The minimum absolute atomic E-state index is 0.125. The molecule has 0 bridgehead atoms. The SMILES string of the molecule is Cc1ccc(N(C2=CC=C(c3ccccc3)CC2)c2ccc3c(c2)C(C)(C)c2ccccc2-3)c(C2=C=C=CC3=C2c2ccccc2C32c3ccccc3-c3ccccc32)c1. The molecule has 0 aliphatic heterocycles. The van der Waals surface area contributed by atoms with Crippen molar-refractivity contribution in [3.63, 3.8) is 0 Å². The molecule has 5 aliphatic carbocycles. The molecule has 1 heteroatoms. The summed E-state index contributed by atoms with van der Waals surface area (Å²) in [6, 6.07) is 61.1. The van der Waals surface area contributed by atoms with Crippen LogP contribution in [0.1, 0.15) is 76.8 Å². The summed E-state index contributed by atoms with van der Waals surface area (Å²) in [5.74, 6) is 0. The van der Waals surface area contributed by atoms with Gasteiger partial charge in [0.25, 0.3) is 0 Å². The van der Waals surface area contributed by atoms with Gasteiger partial charge in [-0.3, -0.25) is 0 Å². The number of fused-ring (bicyclic) bond motifs is 12. The van der Waals surface area contributed by atoms with E-state index in [0.29, 0.717) is 0 Å². The Bertz CT molecular complexity index is 3160. The van der Waals surface area contributed by atoms with E-state index in [1.165, 1.54) is 94.9 Å². The topological polar surface area (TPSA) is 3.24 Å². The standard InChI is InChI=1S/C59H43N/c1-38-28-35-56(60(41-31-29-40(30-32-41)39-16-5-4-6-17-39)42-33-34-46-43-18-7-11-23-50(43)58(2,3)55(46)37-42)49(36-38)47-22-15-27-54-57(47)48-21-10-14-26-53(48)59(54)51-24-12-8-19-44(51)45-20-9-13-25-52(45)59/h4-14,16-21,23-29,31,33-37H,30,32H2,1-3H3. The van der Waals surface area contributed by atoms with Gasteiger partial charge in [0, 0.05) is 33.5 Å². The monoisotopic (exact) mass is 765 g/mol. The second kappa shape index (κ2) is 12.9. The van der Waals surface area contributed by atoms with Crippen molar-refractivity contribution >= 4 is 28.1 Å². The normalized spacial score (nSPS) is 16.6. The van der Waals surface area contributed by atoms with Crippen molar-refractivity contribution in [1.29, 1.82) is 0 Å². The van der Waals surface area contributed by atoms with E-state index in [-0.39, 0.29) is 5.41 Å². The zero-order valence-electron chi connectivity index (χ0n) is 34.2. The predicted molar refractivity (Wildman–Crippen MR) is 249 cm³/mol. The number of benzene rings is 7. The third-order valence-corrected chi connectivity index (χ3v) is 13.9. The molecule has 0 atom stereocenters. The molecular weight excluding hydrogens is 723 g/mol. The summed E-state index contributed by atoms with van der Waals surface area (Å²) in [6.45, 7) is 6.97. The van der Waals surface area contributed by atoms with Gasteiger partial charge in [-0.2, -0.15) is 0 Å². The van der Waals surface area contributed by atoms with E-state index >= 15 is 0 Å². The molecule has 284 valence electrons. The fraction of sp³-hybridized carbons (Fsp3) is 0.119. The highest BCUT2D eigenvalue weighted by molar-refractivity contribution is 6.15. The first-order valence-corrected chi connectivity index (χ1v) is 21.3. The lowest BCUT2D eigenvalue weighted by atomic mass is 9.69. The quantitative estimate of drug-likeness (QED) is 0.158. The number of aryl methyl sites for hydroxylation is 1. The second-order valence-electron chi connectivity index (χ2n) is 17.4. The van der Waals surface area contributed by atoms with E-state index in [1.54, 1.807) is 0 Å². The van der Waals surface area contributed by atoms with Gasteiger partial charge < -0.3 is 4.90 Å². The second-order valence-corrected chi connectivity index (χ2v) is 17.4. The van der Waals surface area contributed by atoms with Gasteiger partial charge in [-0.05, 0) is 129 Å². The van der Waals surface area contributed by atoms with Crippen LogP contribution in [0, 0.1) is 6.92 Å². The summed E-state index contributed by atoms with van der Waals surface area (Å²) in [5.41, 5.74) is 32.4. The molecule has 0 fully saturated rings. The Kier molecular flexibility index (Phi) is 7.51. The van der Waals surface area contributed by atoms with E-state index in [1.807, 2.05) is 0 Å².